The van der Waals surface area contributed by atoms with Crippen LogP contribution in [0.25, 0.3) is 0 Å². The number of aliphatic carboxylic acids is 1. The van der Waals surface area contributed by atoms with E-state index in [0.29, 0.717) is 0 Å². The molecule has 0 saturated heterocycles. The van der Waals surface area contributed by atoms with Gasteiger partial charge in [0.2, 0.25) is 12.2 Å². The van der Waals surface area contributed by atoms with Gasteiger partial charge >= 0.3 is 0 Å². The van der Waals surface area contributed by atoms with Crippen molar-refractivity contribution in [1.29, 1.82) is 10.8 Å². The van der Waals surface area contributed by atoms with Gasteiger partial charge in [-0.05, 0) is 5.92 Å². The Kier molecular flexibility index (Phi) is 24.0. The molecule has 0 bridgehead atoms. The monoisotopic (exact) mass is 244 g/mol. The van der Waals surface area contributed by atoms with E-state index in [1.165, 1.54) is 32.1 Å². The van der Waals surface area contributed by atoms with Gasteiger partial charge in [-0.2, -0.15) is 0 Å². The van der Waals surface area contributed by atoms with Gasteiger partial charge in [0.25, 0.3) is 5.97 Å². The third-order valence-electron chi connectivity index (χ3n) is 1.89. The molecule has 6 heteroatoms. The molecule has 1 saturated carbocycles. The molecule has 0 aromatic heterocycles. The highest BCUT2D eigenvalue weighted by molar-refractivity contribution is 5.62. The number of nitrogens with one attached hydrogen (secondary N) is 2. The van der Waals surface area contributed by atoms with Crippen molar-refractivity contribution in [3.63, 3.8) is 0 Å². The fraction of sp³-hybridized carbons (Fsp3) is 0.727. The fourth-order valence-electron chi connectivity index (χ4n) is 1.31. The highest BCUT2D eigenvalue weighted by atomic mass is 16.4. The van der Waals surface area contributed by atoms with E-state index in [4.69, 9.17) is 30.3 Å². The van der Waals surface area contributed by atoms with E-state index in [1.807, 2.05) is 0 Å². The van der Waals surface area contributed by atoms with Crippen LogP contribution in [0.3, 0.4) is 0 Å². The molecule has 17 heavy (non-hydrogen) atoms. The zero-order valence-electron chi connectivity index (χ0n) is 10.3. The molecule has 0 aliphatic heterocycles. The lowest BCUT2D eigenvalue weighted by Gasteiger charge is -2.15. The Hall–Kier alpha value is -1.77. The highest BCUT2D eigenvalue weighted by Gasteiger charge is 2.05. The summed E-state index contributed by atoms with van der Waals surface area (Å²) in [6.07, 6.45) is 8.94. The number of isocyanates is 2. The standard InChI is InChI=1S/C7H14.C2H4O2.2CHNO/c1-7-5-3-2-4-6-7;1-2(3)4;2*2-1-3/h7H,2-6H2,1H3;1H3,(H,3,4);2*2H. The van der Waals surface area contributed by atoms with Crippen molar-refractivity contribution in [2.75, 3.05) is 0 Å². The molecule has 1 aliphatic carbocycles. The van der Waals surface area contributed by atoms with Crippen LogP contribution in [0.5, 0.6) is 0 Å². The summed E-state index contributed by atoms with van der Waals surface area (Å²) in [5.41, 5.74) is 0. The summed E-state index contributed by atoms with van der Waals surface area (Å²) < 4.78 is 0. The van der Waals surface area contributed by atoms with Crippen LogP contribution in [0, 0.1) is 16.7 Å². The van der Waals surface area contributed by atoms with Crippen molar-refractivity contribution in [2.45, 2.75) is 46.0 Å². The molecule has 1 fully saturated rings. The van der Waals surface area contributed by atoms with Crippen LogP contribution in [0.15, 0.2) is 0 Å². The van der Waals surface area contributed by atoms with E-state index in [1.54, 1.807) is 0 Å². The SMILES string of the molecule is CC(=O)O.CC1CCCCC1.N=C=O.N=C=O. The second-order valence-corrected chi connectivity index (χ2v) is 3.47. The quantitative estimate of drug-likeness (QED) is 0.448. The van der Waals surface area contributed by atoms with Crippen LogP contribution in [-0.2, 0) is 14.4 Å². The van der Waals surface area contributed by atoms with Gasteiger partial charge in [0.1, 0.15) is 0 Å². The Bertz CT molecular complexity index is 220. The van der Waals surface area contributed by atoms with Crippen molar-refractivity contribution in [3.8, 4) is 0 Å². The maximum absolute atomic E-state index is 9.00. The molecular weight excluding hydrogens is 224 g/mol. The van der Waals surface area contributed by atoms with E-state index in [2.05, 4.69) is 6.92 Å². The predicted molar refractivity (Wildman–Crippen MR) is 62.4 cm³/mol. The first-order valence-electron chi connectivity index (χ1n) is 5.23. The van der Waals surface area contributed by atoms with Crippen LogP contribution in [0.4, 0.5) is 0 Å². The Morgan fingerprint density at radius 1 is 1.12 bits per heavy atom. The molecule has 0 atom stereocenters. The number of hydrogen-bond donors (Lipinski definition) is 3. The zero-order valence-corrected chi connectivity index (χ0v) is 10.3. The molecular formula is C11H20N2O4. The van der Waals surface area contributed by atoms with E-state index < -0.39 is 5.97 Å². The number of carbonyl (C=O) groups is 1. The maximum atomic E-state index is 9.00. The van der Waals surface area contributed by atoms with Gasteiger partial charge in [-0.15, -0.1) is 0 Å². The minimum absolute atomic E-state index is 0.750. The maximum Gasteiger partial charge on any atom is 0.300 e. The van der Waals surface area contributed by atoms with Crippen molar-refractivity contribution in [3.05, 3.63) is 0 Å². The summed E-state index contributed by atoms with van der Waals surface area (Å²) in [4.78, 5) is 25.7. The molecule has 0 aromatic rings. The van der Waals surface area contributed by atoms with Gasteiger partial charge in [0.15, 0.2) is 0 Å². The van der Waals surface area contributed by atoms with E-state index in [0.717, 1.165) is 25.0 Å². The average molecular weight is 244 g/mol. The Morgan fingerprint density at radius 3 is 1.47 bits per heavy atom. The number of hydrogen-bond acceptors (Lipinski definition) is 5. The summed E-state index contributed by atoms with van der Waals surface area (Å²) >= 11 is 0. The van der Waals surface area contributed by atoms with Gasteiger partial charge in [-0.1, -0.05) is 39.0 Å². The molecule has 0 amide bonds. The highest BCUT2D eigenvalue weighted by Crippen LogP contribution is 2.21. The van der Waals surface area contributed by atoms with Crippen molar-refractivity contribution < 1.29 is 19.5 Å². The summed E-state index contributed by atoms with van der Waals surface area (Å²) in [5, 5.41) is 18.2. The summed E-state index contributed by atoms with van der Waals surface area (Å²) in [5.74, 6) is 0.203. The molecule has 0 unspecified atom stereocenters. The van der Waals surface area contributed by atoms with Crippen LogP contribution in [0.1, 0.15) is 46.0 Å². The molecule has 1 aliphatic rings. The second-order valence-electron chi connectivity index (χ2n) is 3.47. The van der Waals surface area contributed by atoms with Gasteiger partial charge in [0.05, 0.1) is 0 Å². The zero-order chi connectivity index (χ0) is 14.1. The number of carboxylic acid groups (broad SMARTS) is 1. The first-order chi connectivity index (χ1) is 7.95. The van der Waals surface area contributed by atoms with E-state index in [-0.39, 0.29) is 0 Å². The van der Waals surface area contributed by atoms with Crippen LogP contribution >= 0.6 is 0 Å². The number of rotatable bonds is 0. The molecule has 1 rings (SSSR count). The predicted octanol–water partition coefficient (Wildman–Crippen LogP) is 2.48. The third kappa shape index (κ3) is 54.8. The number of carbonyl (C=O) groups excluding carboxylic acids is 2. The lowest BCUT2D eigenvalue weighted by Crippen LogP contribution is -1.99. The minimum atomic E-state index is -0.833. The summed E-state index contributed by atoms with van der Waals surface area (Å²) in [6.45, 7) is 3.44. The molecule has 0 heterocycles. The largest absolute Gasteiger partial charge is 0.481 e. The topological polar surface area (TPSA) is 119 Å². The normalized spacial score (nSPS) is 12.8. The average Bonchev–Trinajstić information content (AvgIpc) is 2.20. The van der Waals surface area contributed by atoms with Crippen LogP contribution < -0.4 is 0 Å². The van der Waals surface area contributed by atoms with E-state index in [9.17, 15) is 0 Å². The summed E-state index contributed by atoms with van der Waals surface area (Å²) in [7, 11) is 0. The first-order valence-corrected chi connectivity index (χ1v) is 5.23. The molecule has 3 N–H and O–H groups in total. The number of carboxylic acids is 1. The molecule has 0 aromatic carbocycles. The van der Waals surface area contributed by atoms with E-state index >= 15 is 0 Å². The smallest absolute Gasteiger partial charge is 0.300 e. The summed E-state index contributed by atoms with van der Waals surface area (Å²) in [6, 6.07) is 0. The third-order valence-corrected chi connectivity index (χ3v) is 1.89. The fourth-order valence-corrected chi connectivity index (χ4v) is 1.31. The molecule has 98 valence electrons. The van der Waals surface area contributed by atoms with Crippen LogP contribution in [0.2, 0.25) is 0 Å². The lowest BCUT2D eigenvalue weighted by molar-refractivity contribution is -0.134. The molecule has 0 radical (unpaired) electrons. The van der Waals surface area contributed by atoms with Gasteiger partial charge < -0.3 is 5.11 Å². The van der Waals surface area contributed by atoms with Crippen molar-refractivity contribution in [2.24, 2.45) is 5.92 Å². The Morgan fingerprint density at radius 2 is 1.35 bits per heavy atom. The van der Waals surface area contributed by atoms with Crippen LogP contribution in [-0.4, -0.2) is 23.2 Å². The Balaban J connectivity index is -0.000000170. The lowest BCUT2D eigenvalue weighted by atomic mass is 9.91. The van der Waals surface area contributed by atoms with Gasteiger partial charge in [0, 0.05) is 6.92 Å². The van der Waals surface area contributed by atoms with Crippen molar-refractivity contribution in [1.82, 2.24) is 0 Å². The Labute approximate surface area is 101 Å². The van der Waals surface area contributed by atoms with Crippen molar-refractivity contribution >= 4 is 18.1 Å². The van der Waals surface area contributed by atoms with Gasteiger partial charge in [-0.25, -0.2) is 20.4 Å². The minimum Gasteiger partial charge on any atom is -0.481 e. The molecule has 0 spiro atoms. The molecule has 6 nitrogen and oxygen atoms in total. The first kappa shape index (κ1) is 20.6. The van der Waals surface area contributed by atoms with Gasteiger partial charge in [-0.3, -0.25) is 4.79 Å². The second kappa shape index (κ2) is 19.7.